The molecule has 0 aliphatic rings. The number of hydrogen-bond donors (Lipinski definition) is 1. The molecular weight excluding hydrogens is 280 g/mol. The molecule has 0 saturated heterocycles. The maximum atomic E-state index is 11.3. The highest BCUT2D eigenvalue weighted by atomic mass is 32.1. The molecule has 20 heavy (non-hydrogen) atoms. The molecule has 1 N–H and O–H groups in total. The molecule has 0 spiro atoms. The van der Waals surface area contributed by atoms with Gasteiger partial charge in [0.05, 0.1) is 28.2 Å². The molecule has 7 nitrogen and oxygen atoms in total. The van der Waals surface area contributed by atoms with E-state index in [1.165, 1.54) is 11.3 Å². The molecule has 108 valence electrons. The van der Waals surface area contributed by atoms with Crippen LogP contribution in [0.15, 0.2) is 0 Å². The molecule has 1 unspecified atom stereocenters. The van der Waals surface area contributed by atoms with Crippen LogP contribution in [-0.4, -0.2) is 44.3 Å². The van der Waals surface area contributed by atoms with Crippen molar-refractivity contribution in [1.82, 2.24) is 20.0 Å². The zero-order valence-corrected chi connectivity index (χ0v) is 12.6. The molecule has 2 aromatic heterocycles. The zero-order chi connectivity index (χ0) is 14.9. The van der Waals surface area contributed by atoms with Crippen LogP contribution in [0.25, 0.3) is 10.6 Å². The second kappa shape index (κ2) is 5.68. The minimum atomic E-state index is -1.10. The molecule has 0 aliphatic carbocycles. The first-order valence-electron chi connectivity index (χ1n) is 6.08. The van der Waals surface area contributed by atoms with Crippen LogP contribution in [0.3, 0.4) is 0 Å². The Morgan fingerprint density at radius 3 is 2.70 bits per heavy atom. The Kier molecular flexibility index (Phi) is 4.15. The second-order valence-electron chi connectivity index (χ2n) is 4.47. The Morgan fingerprint density at radius 1 is 1.50 bits per heavy atom. The van der Waals surface area contributed by atoms with Gasteiger partial charge in [-0.15, -0.1) is 16.4 Å². The summed E-state index contributed by atoms with van der Waals surface area (Å²) >= 11 is 1.44. The number of hydrogen-bond acceptors (Lipinski definition) is 6. The van der Waals surface area contributed by atoms with Crippen LogP contribution in [0.5, 0.6) is 0 Å². The van der Waals surface area contributed by atoms with Crippen LogP contribution < -0.4 is 0 Å². The Hall–Kier alpha value is -1.80. The third-order valence-electron chi connectivity index (χ3n) is 2.89. The fraction of sp³-hybridized carbons (Fsp3) is 0.500. The van der Waals surface area contributed by atoms with E-state index in [1.54, 1.807) is 11.8 Å². The normalized spacial score (nSPS) is 12.6. The van der Waals surface area contributed by atoms with Crippen molar-refractivity contribution in [2.75, 3.05) is 7.11 Å². The SMILES string of the molecule is COC(C)Cn1nnc(C(=O)O)c1-c1sc(C)nc1C. The van der Waals surface area contributed by atoms with Crippen molar-refractivity contribution >= 4 is 17.3 Å². The summed E-state index contributed by atoms with van der Waals surface area (Å²) in [6.45, 7) is 6.05. The molecule has 8 heteroatoms. The zero-order valence-electron chi connectivity index (χ0n) is 11.7. The van der Waals surface area contributed by atoms with E-state index in [2.05, 4.69) is 15.3 Å². The highest BCUT2D eigenvalue weighted by Crippen LogP contribution is 2.31. The predicted molar refractivity (Wildman–Crippen MR) is 74.0 cm³/mol. The molecule has 0 fully saturated rings. The Labute approximate surface area is 120 Å². The van der Waals surface area contributed by atoms with E-state index in [4.69, 9.17) is 4.74 Å². The number of thiazole rings is 1. The average molecular weight is 296 g/mol. The van der Waals surface area contributed by atoms with Gasteiger partial charge < -0.3 is 9.84 Å². The van der Waals surface area contributed by atoms with E-state index in [-0.39, 0.29) is 11.8 Å². The lowest BCUT2D eigenvalue weighted by atomic mass is 10.2. The van der Waals surface area contributed by atoms with Crippen LogP contribution in [0.4, 0.5) is 0 Å². The van der Waals surface area contributed by atoms with Crippen molar-refractivity contribution in [2.45, 2.75) is 33.4 Å². The summed E-state index contributed by atoms with van der Waals surface area (Å²) in [7, 11) is 1.60. The van der Waals surface area contributed by atoms with Crippen LogP contribution in [-0.2, 0) is 11.3 Å². The summed E-state index contributed by atoms with van der Waals surface area (Å²) < 4.78 is 6.77. The maximum absolute atomic E-state index is 11.3. The number of methoxy groups -OCH3 is 1. The summed E-state index contributed by atoms with van der Waals surface area (Å²) in [6.07, 6.45) is -0.0913. The standard InChI is InChI=1S/C12H16N4O3S/c1-6(19-4)5-16-10(9(12(17)18)14-15-16)11-7(2)13-8(3)20-11/h6H,5H2,1-4H3,(H,17,18). The van der Waals surface area contributed by atoms with Gasteiger partial charge in [0.25, 0.3) is 0 Å². The van der Waals surface area contributed by atoms with Gasteiger partial charge in [0, 0.05) is 7.11 Å². The van der Waals surface area contributed by atoms with E-state index in [9.17, 15) is 9.90 Å². The molecule has 2 heterocycles. The Bertz CT molecular complexity index is 635. The van der Waals surface area contributed by atoms with Gasteiger partial charge in [0.1, 0.15) is 5.69 Å². The van der Waals surface area contributed by atoms with Gasteiger partial charge in [-0.2, -0.15) is 0 Å². The molecule has 1 atom stereocenters. The molecule has 0 aromatic carbocycles. The average Bonchev–Trinajstić information content (AvgIpc) is 2.92. The molecule has 0 aliphatic heterocycles. The van der Waals surface area contributed by atoms with Gasteiger partial charge in [-0.25, -0.2) is 14.5 Å². The summed E-state index contributed by atoms with van der Waals surface area (Å²) in [5.41, 5.74) is 1.22. The summed E-state index contributed by atoms with van der Waals surface area (Å²) in [6, 6.07) is 0. The molecular formula is C12H16N4O3S. The van der Waals surface area contributed by atoms with Gasteiger partial charge in [-0.3, -0.25) is 0 Å². The smallest absolute Gasteiger partial charge is 0.358 e. The lowest BCUT2D eigenvalue weighted by Crippen LogP contribution is -2.17. The first kappa shape index (κ1) is 14.6. The largest absolute Gasteiger partial charge is 0.476 e. The third kappa shape index (κ3) is 2.70. The topological polar surface area (TPSA) is 90.1 Å². The number of aromatic carboxylic acids is 1. The van der Waals surface area contributed by atoms with Crippen molar-refractivity contribution in [3.63, 3.8) is 0 Å². The summed E-state index contributed by atoms with van der Waals surface area (Å²) in [5.74, 6) is -1.10. The van der Waals surface area contributed by atoms with E-state index >= 15 is 0 Å². The molecule has 0 saturated carbocycles. The Balaban J connectivity index is 2.55. The maximum Gasteiger partial charge on any atom is 0.358 e. The number of rotatable bonds is 5. The van der Waals surface area contributed by atoms with Crippen molar-refractivity contribution in [3.8, 4) is 10.6 Å². The van der Waals surface area contributed by atoms with E-state index in [0.29, 0.717) is 12.2 Å². The number of aromatic nitrogens is 4. The van der Waals surface area contributed by atoms with Gasteiger partial charge >= 0.3 is 5.97 Å². The van der Waals surface area contributed by atoms with E-state index < -0.39 is 5.97 Å². The number of carbonyl (C=O) groups is 1. The molecule has 2 aromatic rings. The van der Waals surface area contributed by atoms with Crippen molar-refractivity contribution < 1.29 is 14.6 Å². The van der Waals surface area contributed by atoms with Gasteiger partial charge in [-0.1, -0.05) is 5.21 Å². The number of nitrogens with zero attached hydrogens (tertiary/aromatic N) is 4. The first-order chi connectivity index (χ1) is 9.43. The van der Waals surface area contributed by atoms with Gasteiger partial charge in [0.15, 0.2) is 5.69 Å². The summed E-state index contributed by atoms with van der Waals surface area (Å²) in [5, 5.41) is 17.8. The lowest BCUT2D eigenvalue weighted by molar-refractivity contribution is 0.0691. The second-order valence-corrected chi connectivity index (χ2v) is 5.67. The summed E-state index contributed by atoms with van der Waals surface area (Å²) in [4.78, 5) is 16.4. The van der Waals surface area contributed by atoms with Crippen LogP contribution in [0.1, 0.15) is 28.1 Å². The van der Waals surface area contributed by atoms with E-state index in [1.807, 2.05) is 20.8 Å². The molecule has 0 amide bonds. The fourth-order valence-corrected chi connectivity index (χ4v) is 2.85. The van der Waals surface area contributed by atoms with Gasteiger partial charge in [-0.05, 0) is 20.8 Å². The minimum absolute atomic E-state index is 0.0555. The number of ether oxygens (including phenoxy) is 1. The predicted octanol–water partition coefficient (Wildman–Crippen LogP) is 1.75. The van der Waals surface area contributed by atoms with Crippen LogP contribution in [0.2, 0.25) is 0 Å². The van der Waals surface area contributed by atoms with Gasteiger partial charge in [0.2, 0.25) is 0 Å². The van der Waals surface area contributed by atoms with Crippen molar-refractivity contribution in [3.05, 3.63) is 16.4 Å². The van der Waals surface area contributed by atoms with Crippen LogP contribution >= 0.6 is 11.3 Å². The highest BCUT2D eigenvalue weighted by Gasteiger charge is 2.24. The number of carboxylic acid groups (broad SMARTS) is 1. The molecule has 0 radical (unpaired) electrons. The quantitative estimate of drug-likeness (QED) is 0.904. The fourth-order valence-electron chi connectivity index (χ4n) is 1.88. The lowest BCUT2D eigenvalue weighted by Gasteiger charge is -2.11. The number of aryl methyl sites for hydroxylation is 2. The van der Waals surface area contributed by atoms with Crippen LogP contribution in [0, 0.1) is 13.8 Å². The van der Waals surface area contributed by atoms with E-state index in [0.717, 1.165) is 15.6 Å². The monoisotopic (exact) mass is 296 g/mol. The molecule has 2 rings (SSSR count). The third-order valence-corrected chi connectivity index (χ3v) is 3.97. The first-order valence-corrected chi connectivity index (χ1v) is 6.89. The minimum Gasteiger partial charge on any atom is -0.476 e. The molecule has 0 bridgehead atoms. The Morgan fingerprint density at radius 2 is 2.20 bits per heavy atom. The number of carboxylic acids is 1. The van der Waals surface area contributed by atoms with Crippen molar-refractivity contribution in [1.29, 1.82) is 0 Å². The highest BCUT2D eigenvalue weighted by molar-refractivity contribution is 7.15. The van der Waals surface area contributed by atoms with Crippen molar-refractivity contribution in [2.24, 2.45) is 0 Å².